The zero-order valence-corrected chi connectivity index (χ0v) is 13.4. The van der Waals surface area contributed by atoms with Crippen molar-refractivity contribution in [1.29, 1.82) is 0 Å². The Labute approximate surface area is 140 Å². The van der Waals surface area contributed by atoms with E-state index in [0.29, 0.717) is 13.1 Å². The predicted molar refractivity (Wildman–Crippen MR) is 86.4 cm³/mol. The molecule has 0 spiro atoms. The number of aliphatic carboxylic acids is 1. The quantitative estimate of drug-likeness (QED) is 0.930. The minimum atomic E-state index is -0.721. The van der Waals surface area contributed by atoms with E-state index in [1.807, 2.05) is 12.3 Å². The third kappa shape index (κ3) is 4.30. The molecule has 3 rings (SSSR count). The first-order chi connectivity index (χ1) is 10.6. The molecular formula is C16H19ClFN3O2. The summed E-state index contributed by atoms with van der Waals surface area (Å²) in [7, 11) is 0. The van der Waals surface area contributed by atoms with Gasteiger partial charge in [-0.05, 0) is 49.7 Å². The molecule has 1 unspecified atom stereocenters. The predicted octanol–water partition coefficient (Wildman–Crippen LogP) is 2.73. The average Bonchev–Trinajstić information content (AvgIpc) is 2.96. The van der Waals surface area contributed by atoms with E-state index < -0.39 is 5.97 Å². The number of likely N-dealkylation sites (tertiary alicyclic amines) is 1. The number of benzene rings is 1. The second kappa shape index (κ2) is 7.57. The van der Waals surface area contributed by atoms with E-state index in [2.05, 4.69) is 10.00 Å². The van der Waals surface area contributed by atoms with Crippen LogP contribution >= 0.6 is 12.4 Å². The minimum absolute atomic E-state index is 0. The van der Waals surface area contributed by atoms with Gasteiger partial charge in [0.05, 0.1) is 17.3 Å². The third-order valence-electron chi connectivity index (χ3n) is 3.98. The van der Waals surface area contributed by atoms with Crippen LogP contribution in [0.2, 0.25) is 0 Å². The molecule has 124 valence electrons. The number of carbonyl (C=O) groups is 1. The van der Waals surface area contributed by atoms with Gasteiger partial charge in [-0.2, -0.15) is 5.10 Å². The van der Waals surface area contributed by atoms with Gasteiger partial charge >= 0.3 is 5.97 Å². The van der Waals surface area contributed by atoms with Crippen LogP contribution in [0.1, 0.15) is 18.5 Å². The molecule has 2 heterocycles. The fourth-order valence-electron chi connectivity index (χ4n) is 2.81. The standard InChI is InChI=1S/C16H18FN3O2.ClH/c17-13-3-5-15(6-4-13)20-9-7-14(18-20)11-19-8-1-2-12(10-19)16(21)22;/h3-7,9,12H,1-2,8,10-11H2,(H,21,22);1H. The first-order valence-corrected chi connectivity index (χ1v) is 7.37. The van der Waals surface area contributed by atoms with Gasteiger partial charge in [0.2, 0.25) is 0 Å². The van der Waals surface area contributed by atoms with E-state index in [4.69, 9.17) is 5.11 Å². The lowest BCUT2D eigenvalue weighted by Gasteiger charge is -2.29. The van der Waals surface area contributed by atoms with E-state index in [-0.39, 0.29) is 24.1 Å². The maximum Gasteiger partial charge on any atom is 0.307 e. The van der Waals surface area contributed by atoms with E-state index in [9.17, 15) is 9.18 Å². The highest BCUT2D eigenvalue weighted by Gasteiger charge is 2.25. The summed E-state index contributed by atoms with van der Waals surface area (Å²) in [6.45, 7) is 2.10. The second-order valence-electron chi connectivity index (χ2n) is 5.64. The van der Waals surface area contributed by atoms with Crippen molar-refractivity contribution in [3.63, 3.8) is 0 Å². The normalized spacial score (nSPS) is 18.4. The van der Waals surface area contributed by atoms with Crippen LogP contribution in [0.25, 0.3) is 5.69 Å². The highest BCUT2D eigenvalue weighted by Crippen LogP contribution is 2.18. The van der Waals surface area contributed by atoms with Crippen molar-refractivity contribution in [2.45, 2.75) is 19.4 Å². The molecule has 2 aromatic rings. The minimum Gasteiger partial charge on any atom is -0.481 e. The molecule has 1 aromatic heterocycles. The van der Waals surface area contributed by atoms with E-state index in [1.165, 1.54) is 12.1 Å². The van der Waals surface area contributed by atoms with Gasteiger partial charge in [0.1, 0.15) is 5.82 Å². The number of hydrogen-bond acceptors (Lipinski definition) is 3. The number of carboxylic acid groups (broad SMARTS) is 1. The number of rotatable bonds is 4. The number of nitrogens with zero attached hydrogens (tertiary/aromatic N) is 3. The van der Waals surface area contributed by atoms with Gasteiger partial charge in [-0.15, -0.1) is 12.4 Å². The van der Waals surface area contributed by atoms with Crippen molar-refractivity contribution in [1.82, 2.24) is 14.7 Å². The number of carboxylic acids is 1. The van der Waals surface area contributed by atoms with Crippen LogP contribution < -0.4 is 0 Å². The smallest absolute Gasteiger partial charge is 0.307 e. The molecule has 1 aliphatic rings. The first-order valence-electron chi connectivity index (χ1n) is 7.37. The summed E-state index contributed by atoms with van der Waals surface area (Å²) in [6, 6.07) is 8.06. The Morgan fingerprint density at radius 1 is 1.30 bits per heavy atom. The molecule has 7 heteroatoms. The molecule has 1 aromatic carbocycles. The molecule has 0 aliphatic carbocycles. The summed E-state index contributed by atoms with van der Waals surface area (Å²) in [5.74, 6) is -1.28. The average molecular weight is 340 g/mol. The van der Waals surface area contributed by atoms with Crippen molar-refractivity contribution in [2.75, 3.05) is 13.1 Å². The number of halogens is 2. The maximum atomic E-state index is 12.9. The fraction of sp³-hybridized carbons (Fsp3) is 0.375. The van der Waals surface area contributed by atoms with Crippen LogP contribution in [0.15, 0.2) is 36.5 Å². The summed E-state index contributed by atoms with van der Waals surface area (Å²) in [6.07, 6.45) is 3.48. The molecule has 0 bridgehead atoms. The van der Waals surface area contributed by atoms with Crippen LogP contribution in [-0.4, -0.2) is 38.8 Å². The van der Waals surface area contributed by atoms with Gasteiger partial charge < -0.3 is 5.11 Å². The monoisotopic (exact) mass is 339 g/mol. The van der Waals surface area contributed by atoms with Gasteiger partial charge in [0.25, 0.3) is 0 Å². The van der Waals surface area contributed by atoms with Crippen molar-refractivity contribution in [3.05, 3.63) is 48.0 Å². The molecular weight excluding hydrogens is 321 g/mol. The van der Waals surface area contributed by atoms with Gasteiger partial charge in [-0.25, -0.2) is 9.07 Å². The Kier molecular flexibility index (Phi) is 5.74. The highest BCUT2D eigenvalue weighted by molar-refractivity contribution is 5.85. The van der Waals surface area contributed by atoms with E-state index in [1.54, 1.807) is 16.8 Å². The molecule has 1 N–H and O–H groups in total. The summed E-state index contributed by atoms with van der Waals surface area (Å²) in [5.41, 5.74) is 1.69. The van der Waals surface area contributed by atoms with Gasteiger partial charge in [-0.3, -0.25) is 9.69 Å². The third-order valence-corrected chi connectivity index (χ3v) is 3.98. The summed E-state index contributed by atoms with van der Waals surface area (Å²) in [5, 5.41) is 13.6. The van der Waals surface area contributed by atoms with Crippen molar-refractivity contribution < 1.29 is 14.3 Å². The Bertz CT molecular complexity index is 660. The Hall–Kier alpha value is -1.92. The van der Waals surface area contributed by atoms with Crippen LogP contribution in [0, 0.1) is 11.7 Å². The van der Waals surface area contributed by atoms with Crippen molar-refractivity contribution in [2.24, 2.45) is 5.92 Å². The lowest BCUT2D eigenvalue weighted by Crippen LogP contribution is -2.38. The van der Waals surface area contributed by atoms with Crippen LogP contribution in [-0.2, 0) is 11.3 Å². The molecule has 1 atom stereocenters. The van der Waals surface area contributed by atoms with Gasteiger partial charge in [0, 0.05) is 19.3 Å². The molecule has 23 heavy (non-hydrogen) atoms. The summed E-state index contributed by atoms with van der Waals surface area (Å²) in [4.78, 5) is 13.2. The zero-order valence-electron chi connectivity index (χ0n) is 12.6. The second-order valence-corrected chi connectivity index (χ2v) is 5.64. The van der Waals surface area contributed by atoms with Gasteiger partial charge in [-0.1, -0.05) is 0 Å². The summed E-state index contributed by atoms with van der Waals surface area (Å²) < 4.78 is 14.6. The Morgan fingerprint density at radius 3 is 2.74 bits per heavy atom. The van der Waals surface area contributed by atoms with E-state index in [0.717, 1.165) is 30.8 Å². The maximum absolute atomic E-state index is 12.9. The largest absolute Gasteiger partial charge is 0.481 e. The molecule has 1 fully saturated rings. The lowest BCUT2D eigenvalue weighted by molar-refractivity contribution is -0.143. The Morgan fingerprint density at radius 2 is 2.04 bits per heavy atom. The zero-order chi connectivity index (χ0) is 15.5. The topological polar surface area (TPSA) is 58.4 Å². The van der Waals surface area contributed by atoms with Crippen LogP contribution in [0.4, 0.5) is 4.39 Å². The highest BCUT2D eigenvalue weighted by atomic mass is 35.5. The van der Waals surface area contributed by atoms with Crippen molar-refractivity contribution in [3.8, 4) is 5.69 Å². The van der Waals surface area contributed by atoms with E-state index >= 15 is 0 Å². The number of piperidine rings is 1. The molecule has 1 saturated heterocycles. The fourth-order valence-corrected chi connectivity index (χ4v) is 2.81. The number of aromatic nitrogens is 2. The lowest BCUT2D eigenvalue weighted by atomic mass is 9.98. The molecule has 0 amide bonds. The molecule has 0 saturated carbocycles. The molecule has 5 nitrogen and oxygen atoms in total. The summed E-state index contributed by atoms with van der Waals surface area (Å²) >= 11 is 0. The Balaban J connectivity index is 0.00000192. The molecule has 1 aliphatic heterocycles. The van der Waals surface area contributed by atoms with Crippen LogP contribution in [0.5, 0.6) is 0 Å². The first kappa shape index (κ1) is 17.4. The molecule has 0 radical (unpaired) electrons. The van der Waals surface area contributed by atoms with Crippen LogP contribution in [0.3, 0.4) is 0 Å². The SMILES string of the molecule is Cl.O=C(O)C1CCCN(Cc2ccn(-c3ccc(F)cc3)n2)C1. The number of hydrogen-bond donors (Lipinski definition) is 1. The van der Waals surface area contributed by atoms with Gasteiger partial charge in [0.15, 0.2) is 0 Å². The van der Waals surface area contributed by atoms with Crippen molar-refractivity contribution >= 4 is 18.4 Å².